The molecule has 1 fully saturated rings. The molecular formula is C20H19F4N5O3. The van der Waals surface area contributed by atoms with E-state index in [1.54, 1.807) is 6.07 Å². The van der Waals surface area contributed by atoms with E-state index in [0.29, 0.717) is 25.2 Å². The predicted molar refractivity (Wildman–Crippen MR) is 106 cm³/mol. The number of fused-ring (bicyclic) bond motifs is 4. The number of hydrogen-bond acceptors (Lipinski definition) is 6. The molecule has 0 radical (unpaired) electrons. The van der Waals surface area contributed by atoms with Gasteiger partial charge in [0.25, 0.3) is 0 Å². The Kier molecular flexibility index (Phi) is 5.71. The van der Waals surface area contributed by atoms with Gasteiger partial charge in [0.2, 0.25) is 0 Å². The lowest BCUT2D eigenvalue weighted by atomic mass is 10.1. The highest BCUT2D eigenvalue weighted by atomic mass is 19.4. The van der Waals surface area contributed by atoms with E-state index < -0.39 is 42.8 Å². The summed E-state index contributed by atoms with van der Waals surface area (Å²) < 4.78 is 50.6. The van der Waals surface area contributed by atoms with Crippen molar-refractivity contribution in [1.29, 1.82) is 0 Å². The number of carbonyl (C=O) groups excluding carboxylic acids is 2. The third-order valence-corrected chi connectivity index (χ3v) is 5.44. The van der Waals surface area contributed by atoms with Gasteiger partial charge in [0.05, 0.1) is 17.9 Å². The van der Waals surface area contributed by atoms with Crippen molar-refractivity contribution in [2.75, 3.05) is 28.2 Å². The van der Waals surface area contributed by atoms with Gasteiger partial charge in [-0.15, -0.1) is 0 Å². The lowest BCUT2D eigenvalue weighted by Gasteiger charge is -2.35. The summed E-state index contributed by atoms with van der Waals surface area (Å²) in [7, 11) is 0. The molecular weight excluding hydrogens is 434 g/mol. The first kappa shape index (κ1) is 21.9. The molecule has 32 heavy (non-hydrogen) atoms. The molecule has 2 N–H and O–H groups in total. The molecule has 2 amide bonds. The molecule has 170 valence electrons. The quantitative estimate of drug-likeness (QED) is 0.533. The first-order valence-electron chi connectivity index (χ1n) is 9.89. The lowest BCUT2D eigenvalue weighted by molar-refractivity contribution is -0.204. The van der Waals surface area contributed by atoms with E-state index in [1.807, 2.05) is 4.90 Å². The van der Waals surface area contributed by atoms with Crippen LogP contribution in [-0.2, 0) is 0 Å². The second-order valence-corrected chi connectivity index (χ2v) is 7.61. The van der Waals surface area contributed by atoms with Crippen LogP contribution in [-0.4, -0.2) is 58.3 Å². The van der Waals surface area contributed by atoms with Gasteiger partial charge in [-0.3, -0.25) is 15.0 Å². The zero-order valence-electron chi connectivity index (χ0n) is 16.6. The number of hydrogen-bond donors (Lipinski definition) is 2. The standard InChI is InChI=1S/C20H19F4N5O3/c21-11-1-6-17(25-9-11)27-19(32)29-12-7-8-28(10-12)14-3-2-13(26-18(14)29)15(30)4-5-16(31)20(22,23)24/h1-3,6,9,12,16,31H,4-5,7-8,10H2,(H,25,27,32)/t12-,16-/m0/s1. The van der Waals surface area contributed by atoms with E-state index in [4.69, 9.17) is 5.11 Å². The molecule has 2 atom stereocenters. The molecule has 2 aliphatic rings. The van der Waals surface area contributed by atoms with Crippen LogP contribution in [0.3, 0.4) is 0 Å². The summed E-state index contributed by atoms with van der Waals surface area (Å²) in [5, 5.41) is 11.7. The molecule has 4 rings (SSSR count). The SMILES string of the molecule is O=C(CC[C@H](O)C(F)(F)F)c1ccc2c(n1)N(C(=O)Nc1ccc(F)cn1)[C@H]1CCN2C1. The summed E-state index contributed by atoms with van der Waals surface area (Å²) in [4.78, 5) is 36.9. The number of amides is 2. The van der Waals surface area contributed by atoms with E-state index in [1.165, 1.54) is 17.0 Å². The first-order chi connectivity index (χ1) is 15.1. The van der Waals surface area contributed by atoms with Crippen molar-refractivity contribution in [3.05, 3.63) is 42.0 Å². The number of nitrogens with one attached hydrogen (secondary N) is 1. The molecule has 0 spiro atoms. The second kappa shape index (κ2) is 8.34. The zero-order chi connectivity index (χ0) is 23.0. The molecule has 8 nitrogen and oxygen atoms in total. The Hall–Kier alpha value is -3.28. The van der Waals surface area contributed by atoms with Gasteiger partial charge in [0.15, 0.2) is 11.6 Å². The number of carbonyl (C=O) groups is 2. The van der Waals surface area contributed by atoms with E-state index in [0.717, 1.165) is 12.3 Å². The first-order valence-corrected chi connectivity index (χ1v) is 9.89. The molecule has 2 aromatic heterocycles. The van der Waals surface area contributed by atoms with Crippen molar-refractivity contribution < 1.29 is 32.3 Å². The number of nitrogens with zero attached hydrogens (tertiary/aromatic N) is 4. The minimum Gasteiger partial charge on any atom is -0.384 e. The van der Waals surface area contributed by atoms with Crippen molar-refractivity contribution >= 4 is 29.1 Å². The minimum atomic E-state index is -4.81. The van der Waals surface area contributed by atoms with Gasteiger partial charge >= 0.3 is 12.2 Å². The third kappa shape index (κ3) is 4.35. The molecule has 1 saturated heterocycles. The van der Waals surface area contributed by atoms with Crippen molar-refractivity contribution in [2.45, 2.75) is 37.6 Å². The fraction of sp³-hybridized carbons (Fsp3) is 0.400. The Morgan fingerprint density at radius 3 is 2.72 bits per heavy atom. The molecule has 2 aliphatic heterocycles. The molecule has 0 aromatic carbocycles. The van der Waals surface area contributed by atoms with Crippen molar-refractivity contribution in [3.8, 4) is 0 Å². The topological polar surface area (TPSA) is 98.7 Å². The molecule has 12 heteroatoms. The Morgan fingerprint density at radius 2 is 2.03 bits per heavy atom. The summed E-state index contributed by atoms with van der Waals surface area (Å²) in [6, 6.07) is 4.66. The minimum absolute atomic E-state index is 0.0988. The van der Waals surface area contributed by atoms with Crippen molar-refractivity contribution in [2.24, 2.45) is 0 Å². The van der Waals surface area contributed by atoms with E-state index >= 15 is 0 Å². The van der Waals surface area contributed by atoms with Crippen LogP contribution in [0.15, 0.2) is 30.5 Å². The molecule has 0 saturated carbocycles. The molecule has 0 aliphatic carbocycles. The monoisotopic (exact) mass is 453 g/mol. The van der Waals surface area contributed by atoms with Crippen LogP contribution in [0.4, 0.5) is 39.7 Å². The summed E-state index contributed by atoms with van der Waals surface area (Å²) >= 11 is 0. The maximum Gasteiger partial charge on any atom is 0.414 e. The van der Waals surface area contributed by atoms with Gasteiger partial charge in [-0.25, -0.2) is 19.2 Å². The predicted octanol–water partition coefficient (Wildman–Crippen LogP) is 3.13. The van der Waals surface area contributed by atoms with Crippen LogP contribution in [0, 0.1) is 5.82 Å². The van der Waals surface area contributed by atoms with E-state index in [-0.39, 0.29) is 23.4 Å². The Labute approximate surface area is 179 Å². The Morgan fingerprint density at radius 1 is 1.25 bits per heavy atom. The largest absolute Gasteiger partial charge is 0.414 e. The number of aliphatic hydroxyl groups excluding tert-OH is 1. The number of aliphatic hydroxyl groups is 1. The summed E-state index contributed by atoms with van der Waals surface area (Å²) in [6.45, 7) is 1.23. The van der Waals surface area contributed by atoms with Gasteiger partial charge in [0.1, 0.15) is 23.4 Å². The molecule has 2 bridgehead atoms. The van der Waals surface area contributed by atoms with Crippen molar-refractivity contribution in [3.63, 3.8) is 0 Å². The van der Waals surface area contributed by atoms with Crippen LogP contribution in [0.1, 0.15) is 29.8 Å². The highest BCUT2D eigenvalue weighted by Gasteiger charge is 2.41. The number of rotatable bonds is 5. The number of urea groups is 1. The number of alkyl halides is 3. The fourth-order valence-corrected chi connectivity index (χ4v) is 3.81. The van der Waals surface area contributed by atoms with Crippen LogP contribution in [0.2, 0.25) is 0 Å². The number of aromatic nitrogens is 2. The van der Waals surface area contributed by atoms with Gasteiger partial charge < -0.3 is 10.0 Å². The summed E-state index contributed by atoms with van der Waals surface area (Å²) in [6.07, 6.45) is -7.12. The van der Waals surface area contributed by atoms with Gasteiger partial charge in [-0.2, -0.15) is 13.2 Å². The van der Waals surface area contributed by atoms with Gasteiger partial charge in [0, 0.05) is 19.5 Å². The zero-order valence-corrected chi connectivity index (χ0v) is 16.6. The Bertz CT molecular complexity index is 1030. The average molecular weight is 453 g/mol. The van der Waals surface area contributed by atoms with Crippen LogP contribution >= 0.6 is 0 Å². The van der Waals surface area contributed by atoms with E-state index in [9.17, 15) is 27.2 Å². The second-order valence-electron chi connectivity index (χ2n) is 7.61. The van der Waals surface area contributed by atoms with Gasteiger partial charge in [-0.05, 0) is 37.1 Å². The van der Waals surface area contributed by atoms with Crippen LogP contribution in [0.5, 0.6) is 0 Å². The van der Waals surface area contributed by atoms with Gasteiger partial charge in [-0.1, -0.05) is 0 Å². The Balaban J connectivity index is 1.56. The highest BCUT2D eigenvalue weighted by Crippen LogP contribution is 2.39. The van der Waals surface area contributed by atoms with Crippen molar-refractivity contribution in [1.82, 2.24) is 9.97 Å². The summed E-state index contributed by atoms with van der Waals surface area (Å²) in [5.74, 6) is -0.893. The number of anilines is 3. The number of halogens is 4. The normalized spacial score (nSPS) is 18.3. The lowest BCUT2D eigenvalue weighted by Crippen LogP contribution is -2.48. The third-order valence-electron chi connectivity index (χ3n) is 5.44. The molecule has 0 unspecified atom stereocenters. The van der Waals surface area contributed by atoms with E-state index in [2.05, 4.69) is 15.3 Å². The maximum absolute atomic E-state index is 13.1. The molecule has 4 heterocycles. The number of ketones is 1. The van der Waals surface area contributed by atoms with Crippen LogP contribution in [0.25, 0.3) is 0 Å². The number of Topliss-reactive ketones (excluding diaryl/α,β-unsaturated/α-hetero) is 1. The smallest absolute Gasteiger partial charge is 0.384 e. The fourth-order valence-electron chi connectivity index (χ4n) is 3.81. The highest BCUT2D eigenvalue weighted by molar-refractivity contribution is 6.05. The molecule has 2 aromatic rings. The number of pyridine rings is 2. The maximum atomic E-state index is 13.1. The average Bonchev–Trinajstić information content (AvgIpc) is 3.16. The summed E-state index contributed by atoms with van der Waals surface area (Å²) in [5.41, 5.74) is 0.520. The van der Waals surface area contributed by atoms with Crippen LogP contribution < -0.4 is 15.1 Å².